The summed E-state index contributed by atoms with van der Waals surface area (Å²) in [5.74, 6) is -0.616. The standard InChI is InChI=1S/C13H18N2O4/c1-9(11-5-3-7-19-11)14-13(18)15-6-2-4-10(8-15)12(16)17/h3,5,7,9-10H,2,4,6,8H2,1H3,(H,14,18)(H,16,17)/t9?,10-/m1/s1. The second-order valence-electron chi connectivity index (χ2n) is 4.81. The van der Waals surface area contributed by atoms with Crippen molar-refractivity contribution in [1.29, 1.82) is 0 Å². The highest BCUT2D eigenvalue weighted by Crippen LogP contribution is 2.18. The quantitative estimate of drug-likeness (QED) is 0.874. The normalized spacial score (nSPS) is 20.9. The molecular formula is C13H18N2O4. The summed E-state index contributed by atoms with van der Waals surface area (Å²) in [5, 5.41) is 11.8. The largest absolute Gasteiger partial charge is 0.481 e. The number of rotatable bonds is 3. The van der Waals surface area contributed by atoms with Crippen molar-refractivity contribution in [2.45, 2.75) is 25.8 Å². The van der Waals surface area contributed by atoms with E-state index in [4.69, 9.17) is 9.52 Å². The molecule has 1 unspecified atom stereocenters. The van der Waals surface area contributed by atoms with Gasteiger partial charge in [0.15, 0.2) is 0 Å². The number of piperidine rings is 1. The molecule has 2 heterocycles. The molecule has 6 heteroatoms. The monoisotopic (exact) mass is 266 g/mol. The van der Waals surface area contributed by atoms with Crippen molar-refractivity contribution in [1.82, 2.24) is 10.2 Å². The average molecular weight is 266 g/mol. The number of likely N-dealkylation sites (tertiary alicyclic amines) is 1. The van der Waals surface area contributed by atoms with Gasteiger partial charge in [0.25, 0.3) is 0 Å². The zero-order chi connectivity index (χ0) is 13.8. The third-order valence-corrected chi connectivity index (χ3v) is 3.37. The minimum absolute atomic E-state index is 0.229. The second-order valence-corrected chi connectivity index (χ2v) is 4.81. The van der Waals surface area contributed by atoms with Crippen LogP contribution >= 0.6 is 0 Å². The SMILES string of the molecule is CC(NC(=O)N1CCC[C@@H](C(=O)O)C1)c1ccco1. The minimum atomic E-state index is -0.836. The molecule has 1 fully saturated rings. The van der Waals surface area contributed by atoms with Gasteiger partial charge in [-0.25, -0.2) is 4.79 Å². The number of nitrogens with zero attached hydrogens (tertiary/aromatic N) is 1. The van der Waals surface area contributed by atoms with Crippen LogP contribution in [-0.4, -0.2) is 35.1 Å². The second kappa shape index (κ2) is 5.77. The van der Waals surface area contributed by atoms with Crippen molar-refractivity contribution in [3.8, 4) is 0 Å². The molecular weight excluding hydrogens is 248 g/mol. The number of carbonyl (C=O) groups is 2. The number of hydrogen-bond acceptors (Lipinski definition) is 3. The van der Waals surface area contributed by atoms with Gasteiger partial charge >= 0.3 is 12.0 Å². The molecule has 0 aliphatic carbocycles. The van der Waals surface area contributed by atoms with E-state index < -0.39 is 11.9 Å². The van der Waals surface area contributed by atoms with Crippen LogP contribution in [-0.2, 0) is 4.79 Å². The fraction of sp³-hybridized carbons (Fsp3) is 0.538. The van der Waals surface area contributed by atoms with Crippen LogP contribution in [0, 0.1) is 5.92 Å². The van der Waals surface area contributed by atoms with Gasteiger partial charge in [-0.1, -0.05) is 0 Å². The molecule has 104 valence electrons. The summed E-state index contributed by atoms with van der Waals surface area (Å²) in [7, 11) is 0. The van der Waals surface area contributed by atoms with Gasteiger partial charge in [0.05, 0.1) is 18.2 Å². The molecule has 0 saturated carbocycles. The molecule has 1 aromatic rings. The topological polar surface area (TPSA) is 82.8 Å². The first-order valence-electron chi connectivity index (χ1n) is 6.39. The maximum absolute atomic E-state index is 12.1. The van der Waals surface area contributed by atoms with Gasteiger partial charge in [-0.05, 0) is 31.9 Å². The summed E-state index contributed by atoms with van der Waals surface area (Å²) in [6.45, 7) is 2.70. The van der Waals surface area contributed by atoms with Gasteiger partial charge in [-0.3, -0.25) is 4.79 Å². The number of hydrogen-bond donors (Lipinski definition) is 2. The Hall–Kier alpha value is -1.98. The van der Waals surface area contributed by atoms with E-state index in [-0.39, 0.29) is 18.6 Å². The predicted octanol–water partition coefficient (Wildman–Crippen LogP) is 1.85. The lowest BCUT2D eigenvalue weighted by Crippen LogP contribution is -2.47. The number of carboxylic acids is 1. The molecule has 0 spiro atoms. The number of amides is 2. The Morgan fingerprint density at radius 2 is 2.37 bits per heavy atom. The van der Waals surface area contributed by atoms with Gasteiger partial charge in [-0.2, -0.15) is 0 Å². The Labute approximate surface area is 111 Å². The minimum Gasteiger partial charge on any atom is -0.481 e. The zero-order valence-corrected chi connectivity index (χ0v) is 10.8. The Bertz CT molecular complexity index is 444. The van der Waals surface area contributed by atoms with Gasteiger partial charge in [0, 0.05) is 13.1 Å². The molecule has 1 aliphatic heterocycles. The van der Waals surface area contributed by atoms with Crippen molar-refractivity contribution in [3.63, 3.8) is 0 Å². The van der Waals surface area contributed by atoms with E-state index in [9.17, 15) is 9.59 Å². The van der Waals surface area contributed by atoms with Crippen LogP contribution in [0.3, 0.4) is 0 Å². The predicted molar refractivity (Wildman–Crippen MR) is 67.6 cm³/mol. The molecule has 2 amide bonds. The highest BCUT2D eigenvalue weighted by molar-refractivity contribution is 5.76. The highest BCUT2D eigenvalue weighted by Gasteiger charge is 2.28. The number of furan rings is 1. The molecule has 19 heavy (non-hydrogen) atoms. The van der Waals surface area contributed by atoms with Crippen molar-refractivity contribution in [3.05, 3.63) is 24.2 Å². The number of carboxylic acid groups (broad SMARTS) is 1. The lowest BCUT2D eigenvalue weighted by Gasteiger charge is -2.31. The van der Waals surface area contributed by atoms with Crippen molar-refractivity contribution < 1.29 is 19.1 Å². The van der Waals surface area contributed by atoms with E-state index in [1.165, 1.54) is 0 Å². The summed E-state index contributed by atoms with van der Waals surface area (Å²) < 4.78 is 5.22. The Kier molecular flexibility index (Phi) is 4.09. The molecule has 1 aliphatic rings. The molecule has 2 rings (SSSR count). The molecule has 1 saturated heterocycles. The van der Waals surface area contributed by atoms with Gasteiger partial charge in [0.1, 0.15) is 5.76 Å². The first-order chi connectivity index (χ1) is 9.08. The van der Waals surface area contributed by atoms with Crippen molar-refractivity contribution in [2.75, 3.05) is 13.1 Å². The summed E-state index contributed by atoms with van der Waals surface area (Å²) in [4.78, 5) is 24.6. The highest BCUT2D eigenvalue weighted by atomic mass is 16.4. The molecule has 0 bridgehead atoms. The van der Waals surface area contributed by atoms with E-state index >= 15 is 0 Å². The molecule has 0 aromatic carbocycles. The first kappa shape index (κ1) is 13.5. The Balaban J connectivity index is 1.91. The maximum atomic E-state index is 12.1. The molecule has 0 radical (unpaired) electrons. The van der Waals surface area contributed by atoms with Gasteiger partial charge in [0.2, 0.25) is 0 Å². The number of urea groups is 1. The van der Waals surface area contributed by atoms with Crippen LogP contribution < -0.4 is 5.32 Å². The van der Waals surface area contributed by atoms with Crippen LogP contribution in [0.2, 0.25) is 0 Å². The third-order valence-electron chi connectivity index (χ3n) is 3.37. The number of carbonyl (C=O) groups excluding carboxylic acids is 1. The van der Waals surface area contributed by atoms with Crippen LogP contribution in [0.4, 0.5) is 4.79 Å². The van der Waals surface area contributed by atoms with Crippen molar-refractivity contribution in [2.24, 2.45) is 5.92 Å². The fourth-order valence-corrected chi connectivity index (χ4v) is 2.25. The summed E-state index contributed by atoms with van der Waals surface area (Å²) in [5.41, 5.74) is 0. The van der Waals surface area contributed by atoms with Gasteiger partial charge < -0.3 is 19.7 Å². The van der Waals surface area contributed by atoms with Gasteiger partial charge in [-0.15, -0.1) is 0 Å². The van der Waals surface area contributed by atoms with Crippen LogP contribution in [0.15, 0.2) is 22.8 Å². The molecule has 2 atom stereocenters. The van der Waals surface area contributed by atoms with Crippen LogP contribution in [0.1, 0.15) is 31.6 Å². The molecule has 6 nitrogen and oxygen atoms in total. The zero-order valence-electron chi connectivity index (χ0n) is 10.8. The third kappa shape index (κ3) is 3.27. The maximum Gasteiger partial charge on any atom is 0.318 e. The van der Waals surface area contributed by atoms with E-state index in [2.05, 4.69) is 5.32 Å². The van der Waals surface area contributed by atoms with Crippen LogP contribution in [0.5, 0.6) is 0 Å². The van der Waals surface area contributed by atoms with E-state index in [0.29, 0.717) is 18.7 Å². The van der Waals surface area contributed by atoms with E-state index in [1.807, 2.05) is 6.92 Å². The number of aliphatic carboxylic acids is 1. The van der Waals surface area contributed by atoms with E-state index in [0.717, 1.165) is 6.42 Å². The summed E-state index contributed by atoms with van der Waals surface area (Å²) >= 11 is 0. The summed E-state index contributed by atoms with van der Waals surface area (Å²) in [6, 6.07) is 3.09. The average Bonchev–Trinajstić information content (AvgIpc) is 2.92. The van der Waals surface area contributed by atoms with Crippen molar-refractivity contribution >= 4 is 12.0 Å². The summed E-state index contributed by atoms with van der Waals surface area (Å²) in [6.07, 6.45) is 2.91. The smallest absolute Gasteiger partial charge is 0.318 e. The van der Waals surface area contributed by atoms with Crippen LogP contribution in [0.25, 0.3) is 0 Å². The molecule has 2 N–H and O–H groups in total. The Morgan fingerprint density at radius 3 is 3.00 bits per heavy atom. The molecule has 1 aromatic heterocycles. The first-order valence-corrected chi connectivity index (χ1v) is 6.39. The lowest BCUT2D eigenvalue weighted by molar-refractivity contribution is -0.143. The fourth-order valence-electron chi connectivity index (χ4n) is 2.25. The number of nitrogens with one attached hydrogen (secondary N) is 1. The van der Waals surface area contributed by atoms with E-state index in [1.54, 1.807) is 23.3 Å². The Morgan fingerprint density at radius 1 is 1.58 bits per heavy atom. The lowest BCUT2D eigenvalue weighted by atomic mass is 9.99.